The third kappa shape index (κ3) is 5.46. The molecule has 3 rings (SSSR count). The lowest BCUT2D eigenvalue weighted by atomic mass is 10.2. The molecule has 6 heteroatoms. The molecule has 0 amide bonds. The summed E-state index contributed by atoms with van der Waals surface area (Å²) in [4.78, 5) is 6.73. The van der Waals surface area contributed by atoms with Crippen molar-refractivity contribution in [1.29, 1.82) is 0 Å². The zero-order valence-electron chi connectivity index (χ0n) is 14.7. The number of hydrogen-bond donors (Lipinski definition) is 2. The molecule has 5 nitrogen and oxygen atoms in total. The van der Waals surface area contributed by atoms with Crippen molar-refractivity contribution in [2.75, 3.05) is 43.1 Å². The highest BCUT2D eigenvalue weighted by atomic mass is 32.2. The van der Waals surface area contributed by atoms with Crippen molar-refractivity contribution in [2.24, 2.45) is 4.99 Å². The van der Waals surface area contributed by atoms with Gasteiger partial charge >= 0.3 is 0 Å². The second kappa shape index (κ2) is 9.42. The molecule has 0 radical (unpaired) electrons. The van der Waals surface area contributed by atoms with E-state index < -0.39 is 0 Å². The van der Waals surface area contributed by atoms with Gasteiger partial charge in [-0.1, -0.05) is 12.1 Å². The number of benzene rings is 1. The highest BCUT2D eigenvalue weighted by Crippen LogP contribution is 2.19. The fraction of sp³-hybridized carbons (Fsp3) is 0.421. The van der Waals surface area contributed by atoms with Gasteiger partial charge in [-0.05, 0) is 29.8 Å². The minimum Gasteiger partial charge on any atom is -0.469 e. The Morgan fingerprint density at radius 2 is 1.96 bits per heavy atom. The Morgan fingerprint density at radius 1 is 1.16 bits per heavy atom. The van der Waals surface area contributed by atoms with Gasteiger partial charge in [-0.2, -0.15) is 11.8 Å². The Morgan fingerprint density at radius 3 is 2.64 bits per heavy atom. The van der Waals surface area contributed by atoms with Gasteiger partial charge in [-0.3, -0.25) is 4.99 Å². The molecule has 1 fully saturated rings. The summed E-state index contributed by atoms with van der Waals surface area (Å²) in [6.45, 7) is 3.85. The fourth-order valence-electron chi connectivity index (χ4n) is 2.81. The Hall–Kier alpha value is -2.08. The molecule has 0 aliphatic carbocycles. The van der Waals surface area contributed by atoms with Crippen molar-refractivity contribution in [1.82, 2.24) is 10.6 Å². The molecule has 25 heavy (non-hydrogen) atoms. The summed E-state index contributed by atoms with van der Waals surface area (Å²) >= 11 is 2.04. The molecule has 1 aliphatic heterocycles. The van der Waals surface area contributed by atoms with Gasteiger partial charge in [0.1, 0.15) is 5.76 Å². The van der Waals surface area contributed by atoms with E-state index in [1.165, 1.54) is 22.8 Å². The molecule has 2 aromatic rings. The molecule has 1 aromatic heterocycles. The predicted octanol–water partition coefficient (Wildman–Crippen LogP) is 2.74. The molecule has 2 heterocycles. The van der Waals surface area contributed by atoms with Gasteiger partial charge in [-0.15, -0.1) is 0 Å². The van der Waals surface area contributed by atoms with Crippen molar-refractivity contribution in [3.8, 4) is 0 Å². The van der Waals surface area contributed by atoms with Crippen LogP contribution in [0, 0.1) is 0 Å². The standard InChI is InChI=1S/C19H26N4OS/c1-20-19(21-9-8-18-3-2-12-24-18)22-15-16-4-6-17(7-5-16)23-10-13-25-14-11-23/h2-7,12H,8-11,13-15H2,1H3,(H2,20,21,22). The number of nitrogens with one attached hydrogen (secondary N) is 2. The molecule has 1 aromatic carbocycles. The number of anilines is 1. The SMILES string of the molecule is CN=C(NCCc1ccco1)NCc1ccc(N2CCSCC2)cc1. The summed E-state index contributed by atoms with van der Waals surface area (Å²) < 4.78 is 5.33. The number of thioether (sulfide) groups is 1. The molecule has 134 valence electrons. The summed E-state index contributed by atoms with van der Waals surface area (Å²) in [5.74, 6) is 4.24. The molecule has 0 spiro atoms. The predicted molar refractivity (Wildman–Crippen MR) is 107 cm³/mol. The summed E-state index contributed by atoms with van der Waals surface area (Å²) in [5.41, 5.74) is 2.58. The molecule has 0 saturated carbocycles. The molecule has 0 atom stereocenters. The van der Waals surface area contributed by atoms with Crippen LogP contribution >= 0.6 is 11.8 Å². The highest BCUT2D eigenvalue weighted by molar-refractivity contribution is 7.99. The lowest BCUT2D eigenvalue weighted by Crippen LogP contribution is -2.37. The largest absolute Gasteiger partial charge is 0.469 e. The number of guanidine groups is 1. The van der Waals surface area contributed by atoms with Crippen LogP contribution in [0.15, 0.2) is 52.1 Å². The van der Waals surface area contributed by atoms with Crippen molar-refractivity contribution >= 4 is 23.4 Å². The van der Waals surface area contributed by atoms with E-state index in [0.29, 0.717) is 0 Å². The Kier molecular flexibility index (Phi) is 6.68. The van der Waals surface area contributed by atoms with Crippen molar-refractivity contribution in [3.05, 3.63) is 54.0 Å². The lowest BCUT2D eigenvalue weighted by molar-refractivity contribution is 0.507. The maximum absolute atomic E-state index is 5.33. The maximum atomic E-state index is 5.33. The number of aliphatic imine (C=N–C) groups is 1. The second-order valence-corrected chi connectivity index (χ2v) is 7.17. The average molecular weight is 359 g/mol. The summed E-state index contributed by atoms with van der Waals surface area (Å²) in [7, 11) is 1.79. The Balaban J connectivity index is 1.43. The van der Waals surface area contributed by atoms with Crippen LogP contribution in [0.5, 0.6) is 0 Å². The van der Waals surface area contributed by atoms with Gasteiger partial charge in [0.05, 0.1) is 6.26 Å². The molecule has 1 aliphatic rings. The van der Waals surface area contributed by atoms with Crippen LogP contribution in [0.2, 0.25) is 0 Å². The molecular formula is C19H26N4OS. The quantitative estimate of drug-likeness (QED) is 0.614. The van der Waals surface area contributed by atoms with Crippen molar-refractivity contribution in [3.63, 3.8) is 0 Å². The van der Waals surface area contributed by atoms with Crippen LogP contribution in [0.1, 0.15) is 11.3 Å². The fourth-order valence-corrected chi connectivity index (χ4v) is 3.71. The van der Waals surface area contributed by atoms with Gasteiger partial charge < -0.3 is 20.0 Å². The number of rotatable bonds is 6. The van der Waals surface area contributed by atoms with Gasteiger partial charge in [0, 0.05) is 56.8 Å². The second-order valence-electron chi connectivity index (χ2n) is 5.95. The molecule has 2 N–H and O–H groups in total. The topological polar surface area (TPSA) is 52.8 Å². The summed E-state index contributed by atoms with van der Waals surface area (Å²) in [6.07, 6.45) is 2.55. The average Bonchev–Trinajstić information content (AvgIpc) is 3.19. The number of nitrogens with zero attached hydrogens (tertiary/aromatic N) is 2. The third-order valence-electron chi connectivity index (χ3n) is 4.24. The minimum absolute atomic E-state index is 0.760. The minimum atomic E-state index is 0.760. The van der Waals surface area contributed by atoms with Gasteiger partial charge in [0.2, 0.25) is 0 Å². The van der Waals surface area contributed by atoms with Crippen LogP contribution in [0.25, 0.3) is 0 Å². The van der Waals surface area contributed by atoms with Gasteiger partial charge in [0.25, 0.3) is 0 Å². The zero-order chi connectivity index (χ0) is 17.3. The van der Waals surface area contributed by atoms with Crippen molar-refractivity contribution < 1.29 is 4.42 Å². The maximum Gasteiger partial charge on any atom is 0.191 e. The van der Waals surface area contributed by atoms with Crippen LogP contribution in [0.4, 0.5) is 5.69 Å². The third-order valence-corrected chi connectivity index (χ3v) is 5.18. The number of hydrogen-bond acceptors (Lipinski definition) is 4. The summed E-state index contributed by atoms with van der Waals surface area (Å²) in [6, 6.07) is 12.7. The van der Waals surface area contributed by atoms with Gasteiger partial charge in [0.15, 0.2) is 5.96 Å². The van der Waals surface area contributed by atoms with Crippen LogP contribution < -0.4 is 15.5 Å². The smallest absolute Gasteiger partial charge is 0.191 e. The summed E-state index contributed by atoms with van der Waals surface area (Å²) in [5, 5.41) is 6.67. The Labute approximate surface area is 153 Å². The molecule has 0 unspecified atom stereocenters. The van der Waals surface area contributed by atoms with Crippen LogP contribution in [-0.2, 0) is 13.0 Å². The first-order valence-electron chi connectivity index (χ1n) is 8.73. The van der Waals surface area contributed by atoms with E-state index >= 15 is 0 Å². The van der Waals surface area contributed by atoms with E-state index in [-0.39, 0.29) is 0 Å². The first-order valence-corrected chi connectivity index (χ1v) is 9.89. The number of furan rings is 1. The van der Waals surface area contributed by atoms with Crippen LogP contribution in [0.3, 0.4) is 0 Å². The van der Waals surface area contributed by atoms with E-state index in [9.17, 15) is 0 Å². The van der Waals surface area contributed by atoms with Crippen molar-refractivity contribution in [2.45, 2.75) is 13.0 Å². The highest BCUT2D eigenvalue weighted by Gasteiger charge is 2.10. The monoisotopic (exact) mass is 358 g/mol. The zero-order valence-corrected chi connectivity index (χ0v) is 15.5. The van der Waals surface area contributed by atoms with Gasteiger partial charge in [-0.25, -0.2) is 0 Å². The van der Waals surface area contributed by atoms with E-state index in [1.807, 2.05) is 23.9 Å². The molecule has 1 saturated heterocycles. The first-order chi connectivity index (χ1) is 12.3. The van der Waals surface area contributed by atoms with Crippen LogP contribution in [-0.4, -0.2) is 44.1 Å². The van der Waals surface area contributed by atoms with E-state index in [2.05, 4.69) is 44.8 Å². The van der Waals surface area contributed by atoms with E-state index in [0.717, 1.165) is 44.3 Å². The lowest BCUT2D eigenvalue weighted by Gasteiger charge is -2.28. The van der Waals surface area contributed by atoms with E-state index in [4.69, 9.17) is 4.42 Å². The normalized spacial score (nSPS) is 15.2. The molecule has 0 bridgehead atoms. The Bertz CT molecular complexity index is 649. The van der Waals surface area contributed by atoms with E-state index in [1.54, 1.807) is 13.3 Å². The molecular weight excluding hydrogens is 332 g/mol. The first kappa shape index (κ1) is 17.7.